The van der Waals surface area contributed by atoms with Crippen molar-refractivity contribution >= 4 is 11.8 Å². The topological polar surface area (TPSA) is 46.2 Å². The van der Waals surface area contributed by atoms with Gasteiger partial charge in [-0.1, -0.05) is 0 Å². The van der Waals surface area contributed by atoms with Crippen LogP contribution in [0.1, 0.15) is 0 Å². The van der Waals surface area contributed by atoms with E-state index in [1.165, 1.54) is 0 Å². The Labute approximate surface area is 73.1 Å². The molecule has 0 aliphatic rings. The molecule has 0 aromatic carbocycles. The van der Waals surface area contributed by atoms with Gasteiger partial charge in [0, 0.05) is 32.7 Å². The molecule has 1 N–H and O–H groups in total. The molecule has 0 aromatic rings. The fraction of sp³-hybridized carbons (Fsp3) is 0. The molecule has 0 spiro atoms. The van der Waals surface area contributed by atoms with E-state index in [4.69, 9.17) is 0 Å². The third-order valence-corrected chi connectivity index (χ3v) is 0.279. The second kappa shape index (κ2) is 5.13. The average molecular weight is 188 g/mol. The minimum Gasteiger partial charge on any atom is -0.347 e. The van der Waals surface area contributed by atoms with E-state index in [0.29, 0.717) is 0 Å². The van der Waals surface area contributed by atoms with Gasteiger partial charge >= 0.3 is 0 Å². The molecule has 2 amide bonds. The summed E-state index contributed by atoms with van der Waals surface area (Å²) < 4.78 is 0. The minimum atomic E-state index is -0.625. The smallest absolute Gasteiger partial charge is 0.0843 e. The number of hydrogen-bond acceptors (Lipinski definition) is 2. The predicted molar refractivity (Wildman–Crippen MR) is 23.9 cm³/mol. The number of imide groups is 1. The van der Waals surface area contributed by atoms with Crippen molar-refractivity contribution in [3.05, 3.63) is 13.8 Å². The van der Waals surface area contributed by atoms with Gasteiger partial charge < -0.3 is 28.8 Å². The van der Waals surface area contributed by atoms with Crippen molar-refractivity contribution in [2.75, 3.05) is 0 Å². The Bertz CT molecular complexity index is 90.2. The average Bonchev–Trinajstić information content (AvgIpc) is 1.27. The first-order valence-corrected chi connectivity index (χ1v) is 1.62. The van der Waals surface area contributed by atoms with E-state index in [2.05, 4.69) is 13.8 Å². The van der Waals surface area contributed by atoms with Gasteiger partial charge in [0.1, 0.15) is 0 Å². The summed E-state index contributed by atoms with van der Waals surface area (Å²) in [5.41, 5.74) is 0. The zero-order valence-electron chi connectivity index (χ0n) is 4.31. The molecule has 0 bridgehead atoms. The maximum atomic E-state index is 9.77. The van der Waals surface area contributed by atoms with Gasteiger partial charge in [0.15, 0.2) is 0 Å². The first-order valence-electron chi connectivity index (χ1n) is 1.62. The maximum absolute atomic E-state index is 9.77. The third kappa shape index (κ3) is 9.36. The zero-order chi connectivity index (χ0) is 5.86. The summed E-state index contributed by atoms with van der Waals surface area (Å²) in [6, 6.07) is 0. The Kier molecular flexibility index (Phi) is 6.97. The molecule has 0 aliphatic carbocycles. The monoisotopic (exact) mass is 188 g/mol. The Balaban J connectivity index is 0. The van der Waals surface area contributed by atoms with Crippen molar-refractivity contribution in [2.24, 2.45) is 0 Å². The number of rotatable bonds is 0. The van der Waals surface area contributed by atoms with Gasteiger partial charge in [-0.3, -0.25) is 0 Å². The SMILES string of the molecule is [CH2-]C(=O)NC([CH2-])=O.[Y]. The summed E-state index contributed by atoms with van der Waals surface area (Å²) in [6.07, 6.45) is 0. The number of hydrogen-bond donors (Lipinski definition) is 1. The molecule has 0 saturated carbocycles. The molecule has 0 aliphatic heterocycles. The molecular formula is C4H5NO2Y-2. The molecule has 8 heavy (non-hydrogen) atoms. The fourth-order valence-corrected chi connectivity index (χ4v) is 0.156. The van der Waals surface area contributed by atoms with Crippen LogP contribution < -0.4 is 5.32 Å². The molecular weight excluding hydrogens is 183 g/mol. The van der Waals surface area contributed by atoms with Crippen molar-refractivity contribution in [3.63, 3.8) is 0 Å². The molecule has 0 fully saturated rings. The van der Waals surface area contributed by atoms with Gasteiger partial charge in [0.05, 0.1) is 11.8 Å². The number of carbonyl (C=O) groups is 2. The van der Waals surface area contributed by atoms with Gasteiger partial charge in [0.25, 0.3) is 0 Å². The van der Waals surface area contributed by atoms with Crippen LogP contribution in [0.25, 0.3) is 0 Å². The molecule has 43 valence electrons. The van der Waals surface area contributed by atoms with Crippen LogP contribution in [-0.2, 0) is 42.3 Å². The normalized spacial score (nSPS) is 6.50. The minimum absolute atomic E-state index is 0. The standard InChI is InChI=1S/C4H5NO2.Y/c1-3(6)5-4(2)7;/h1-2H2,(H,5,6,7);/q-2;. The van der Waals surface area contributed by atoms with Crippen molar-refractivity contribution in [1.29, 1.82) is 0 Å². The molecule has 0 heterocycles. The second-order valence-corrected chi connectivity index (χ2v) is 0.971. The zero-order valence-corrected chi connectivity index (χ0v) is 7.15. The van der Waals surface area contributed by atoms with Crippen LogP contribution in [0, 0.1) is 13.8 Å². The van der Waals surface area contributed by atoms with Gasteiger partial charge in [-0.2, -0.15) is 0 Å². The number of nitrogens with one attached hydrogen (secondary N) is 1. The molecule has 0 saturated heterocycles. The molecule has 0 aromatic heterocycles. The van der Waals surface area contributed by atoms with Gasteiger partial charge in [0.2, 0.25) is 0 Å². The number of amides is 2. The quantitative estimate of drug-likeness (QED) is 0.510. The molecule has 3 nitrogen and oxygen atoms in total. The largest absolute Gasteiger partial charge is 0.347 e. The van der Waals surface area contributed by atoms with E-state index in [0.717, 1.165) is 0 Å². The summed E-state index contributed by atoms with van der Waals surface area (Å²) in [4.78, 5) is 19.5. The van der Waals surface area contributed by atoms with Crippen LogP contribution in [0.5, 0.6) is 0 Å². The van der Waals surface area contributed by atoms with Crippen LogP contribution in [-0.4, -0.2) is 11.8 Å². The van der Waals surface area contributed by atoms with Crippen LogP contribution in [0.2, 0.25) is 0 Å². The molecule has 4 heteroatoms. The van der Waals surface area contributed by atoms with Crippen LogP contribution in [0.4, 0.5) is 0 Å². The van der Waals surface area contributed by atoms with E-state index in [1.807, 2.05) is 0 Å². The molecule has 0 atom stereocenters. The Morgan fingerprint density at radius 2 is 1.38 bits per heavy atom. The Morgan fingerprint density at radius 1 is 1.12 bits per heavy atom. The van der Waals surface area contributed by atoms with Gasteiger partial charge in [-0.15, -0.1) is 0 Å². The van der Waals surface area contributed by atoms with Crippen LogP contribution in [0.15, 0.2) is 0 Å². The summed E-state index contributed by atoms with van der Waals surface area (Å²) in [5.74, 6) is -1.25. The van der Waals surface area contributed by atoms with Crippen molar-refractivity contribution < 1.29 is 42.3 Å². The van der Waals surface area contributed by atoms with E-state index in [9.17, 15) is 9.59 Å². The molecule has 0 rings (SSSR count). The van der Waals surface area contributed by atoms with E-state index in [1.54, 1.807) is 5.32 Å². The van der Waals surface area contributed by atoms with Crippen molar-refractivity contribution in [2.45, 2.75) is 0 Å². The first kappa shape index (κ1) is 10.9. The van der Waals surface area contributed by atoms with Crippen molar-refractivity contribution in [3.8, 4) is 0 Å². The molecule has 1 radical (unpaired) electrons. The van der Waals surface area contributed by atoms with E-state index in [-0.39, 0.29) is 32.7 Å². The summed E-state index contributed by atoms with van der Waals surface area (Å²) >= 11 is 0. The molecule has 0 unspecified atom stereocenters. The Hall–Kier alpha value is -0.0161. The predicted octanol–water partition coefficient (Wildman–Crippen LogP) is -0.705. The maximum Gasteiger partial charge on any atom is 0.0843 e. The third-order valence-electron chi connectivity index (χ3n) is 0.279. The van der Waals surface area contributed by atoms with Crippen molar-refractivity contribution in [1.82, 2.24) is 5.32 Å². The summed E-state index contributed by atoms with van der Waals surface area (Å²) in [5, 5.41) is 1.81. The van der Waals surface area contributed by atoms with Crippen LogP contribution in [0.3, 0.4) is 0 Å². The van der Waals surface area contributed by atoms with Crippen LogP contribution >= 0.6 is 0 Å². The van der Waals surface area contributed by atoms with Gasteiger partial charge in [-0.25, -0.2) is 0 Å². The van der Waals surface area contributed by atoms with Gasteiger partial charge in [-0.05, 0) is 0 Å². The summed E-state index contributed by atoms with van der Waals surface area (Å²) in [7, 11) is 0. The Morgan fingerprint density at radius 3 is 1.38 bits per heavy atom. The second-order valence-electron chi connectivity index (χ2n) is 0.971. The van der Waals surface area contributed by atoms with E-state index >= 15 is 0 Å². The first-order chi connectivity index (χ1) is 3.13. The van der Waals surface area contributed by atoms with E-state index < -0.39 is 11.8 Å². The fourth-order valence-electron chi connectivity index (χ4n) is 0.156. The number of carbonyl (C=O) groups excluding carboxylic acids is 2. The summed E-state index contributed by atoms with van der Waals surface area (Å²) in [6.45, 7) is 5.74.